The van der Waals surface area contributed by atoms with E-state index in [9.17, 15) is 4.79 Å². The molecule has 1 aliphatic heterocycles. The van der Waals surface area contributed by atoms with Crippen LogP contribution in [0.3, 0.4) is 0 Å². The molecular weight excluding hydrogens is 180 g/mol. The summed E-state index contributed by atoms with van der Waals surface area (Å²) in [7, 11) is 0. The van der Waals surface area contributed by atoms with Gasteiger partial charge in [-0.1, -0.05) is 13.8 Å². The maximum absolute atomic E-state index is 11.5. The van der Waals surface area contributed by atoms with Crippen molar-refractivity contribution in [1.29, 1.82) is 0 Å². The minimum absolute atomic E-state index is 0.0532. The highest BCUT2D eigenvalue weighted by Crippen LogP contribution is 2.10. The highest BCUT2D eigenvalue weighted by Gasteiger charge is 2.29. The predicted octanol–water partition coefficient (Wildman–Crippen LogP) is 1.15. The summed E-state index contributed by atoms with van der Waals surface area (Å²) in [5, 5.41) is 8.66. The average Bonchev–Trinajstić information content (AvgIpc) is 2.52. The zero-order chi connectivity index (χ0) is 11.1. The molecule has 0 aliphatic carbocycles. The van der Waals surface area contributed by atoms with Crippen molar-refractivity contribution in [3.05, 3.63) is 0 Å². The minimum atomic E-state index is 0.0532. The van der Waals surface area contributed by atoms with Crippen LogP contribution in [0.4, 0.5) is 4.79 Å². The fraction of sp³-hybridized carbons (Fsp3) is 0.900. The largest absolute Gasteiger partial charge is 0.395 e. The van der Waals surface area contributed by atoms with Gasteiger partial charge in [-0.2, -0.15) is 0 Å². The topological polar surface area (TPSA) is 43.8 Å². The SMILES string of the molecule is CC.CC(C)N1CCN(CCO)C1=O. The molecule has 0 bridgehead atoms. The van der Waals surface area contributed by atoms with Crippen LogP contribution in [0.25, 0.3) is 0 Å². The molecule has 0 radical (unpaired) electrons. The second-order valence-electron chi connectivity index (χ2n) is 3.28. The van der Waals surface area contributed by atoms with Gasteiger partial charge in [-0.15, -0.1) is 0 Å². The van der Waals surface area contributed by atoms with Crippen molar-refractivity contribution in [2.45, 2.75) is 33.7 Å². The first-order valence-electron chi connectivity index (χ1n) is 5.33. The molecule has 4 heteroatoms. The number of hydrogen-bond acceptors (Lipinski definition) is 2. The second kappa shape index (κ2) is 6.65. The van der Waals surface area contributed by atoms with Crippen molar-refractivity contribution in [2.75, 3.05) is 26.2 Å². The molecule has 1 aliphatic rings. The lowest BCUT2D eigenvalue weighted by Gasteiger charge is -2.21. The zero-order valence-electron chi connectivity index (χ0n) is 9.66. The molecule has 0 aromatic heterocycles. The molecule has 84 valence electrons. The maximum Gasteiger partial charge on any atom is 0.320 e. The summed E-state index contributed by atoms with van der Waals surface area (Å²) in [4.78, 5) is 15.0. The number of aliphatic hydroxyl groups excluding tert-OH is 1. The van der Waals surface area contributed by atoms with Gasteiger partial charge in [0.1, 0.15) is 0 Å². The third-order valence-corrected chi connectivity index (χ3v) is 2.12. The fourth-order valence-corrected chi connectivity index (χ4v) is 1.41. The molecule has 0 saturated carbocycles. The van der Waals surface area contributed by atoms with E-state index in [1.165, 1.54) is 0 Å². The second-order valence-corrected chi connectivity index (χ2v) is 3.28. The molecule has 0 aromatic carbocycles. The van der Waals surface area contributed by atoms with Crippen LogP contribution >= 0.6 is 0 Å². The van der Waals surface area contributed by atoms with E-state index >= 15 is 0 Å². The first kappa shape index (κ1) is 13.2. The van der Waals surface area contributed by atoms with Crippen LogP contribution in [0, 0.1) is 0 Å². The summed E-state index contributed by atoms with van der Waals surface area (Å²) in [6.45, 7) is 10.1. The van der Waals surface area contributed by atoms with E-state index < -0.39 is 0 Å². The average molecular weight is 202 g/mol. The number of amides is 2. The lowest BCUT2D eigenvalue weighted by molar-refractivity contribution is 0.172. The quantitative estimate of drug-likeness (QED) is 0.746. The van der Waals surface area contributed by atoms with Gasteiger partial charge < -0.3 is 14.9 Å². The van der Waals surface area contributed by atoms with E-state index in [0.717, 1.165) is 13.1 Å². The third kappa shape index (κ3) is 3.18. The van der Waals surface area contributed by atoms with Crippen LogP contribution in [0.15, 0.2) is 0 Å². The highest BCUT2D eigenvalue weighted by molar-refractivity contribution is 5.76. The van der Waals surface area contributed by atoms with Crippen LogP contribution in [-0.2, 0) is 0 Å². The Morgan fingerprint density at radius 2 is 1.93 bits per heavy atom. The number of aliphatic hydroxyl groups is 1. The van der Waals surface area contributed by atoms with Crippen LogP contribution in [0.2, 0.25) is 0 Å². The van der Waals surface area contributed by atoms with E-state index in [1.54, 1.807) is 4.90 Å². The molecule has 1 fully saturated rings. The lowest BCUT2D eigenvalue weighted by Crippen LogP contribution is -2.37. The van der Waals surface area contributed by atoms with Gasteiger partial charge in [0.05, 0.1) is 6.61 Å². The van der Waals surface area contributed by atoms with E-state index in [1.807, 2.05) is 32.6 Å². The van der Waals surface area contributed by atoms with Crippen molar-refractivity contribution < 1.29 is 9.90 Å². The van der Waals surface area contributed by atoms with Gasteiger partial charge >= 0.3 is 6.03 Å². The van der Waals surface area contributed by atoms with E-state index in [2.05, 4.69) is 0 Å². The van der Waals surface area contributed by atoms with E-state index in [0.29, 0.717) is 6.54 Å². The summed E-state index contributed by atoms with van der Waals surface area (Å²) in [5.74, 6) is 0. The van der Waals surface area contributed by atoms with Crippen molar-refractivity contribution in [2.24, 2.45) is 0 Å². The Morgan fingerprint density at radius 3 is 2.29 bits per heavy atom. The van der Waals surface area contributed by atoms with Gasteiger partial charge in [0.2, 0.25) is 0 Å². The van der Waals surface area contributed by atoms with Crippen molar-refractivity contribution in [3.63, 3.8) is 0 Å². The smallest absolute Gasteiger partial charge is 0.320 e. The van der Waals surface area contributed by atoms with Crippen molar-refractivity contribution in [1.82, 2.24) is 9.80 Å². The van der Waals surface area contributed by atoms with Gasteiger partial charge in [0.15, 0.2) is 0 Å². The van der Waals surface area contributed by atoms with Gasteiger partial charge in [0.25, 0.3) is 0 Å². The Kier molecular flexibility index (Phi) is 6.28. The molecule has 1 N–H and O–H groups in total. The van der Waals surface area contributed by atoms with Gasteiger partial charge in [-0.25, -0.2) is 4.79 Å². The van der Waals surface area contributed by atoms with E-state index in [4.69, 9.17) is 5.11 Å². The van der Waals surface area contributed by atoms with Crippen LogP contribution in [0.5, 0.6) is 0 Å². The number of carbonyl (C=O) groups excluding carboxylic acids is 1. The predicted molar refractivity (Wildman–Crippen MR) is 57.2 cm³/mol. The molecule has 0 spiro atoms. The van der Waals surface area contributed by atoms with E-state index in [-0.39, 0.29) is 18.7 Å². The molecule has 14 heavy (non-hydrogen) atoms. The van der Waals surface area contributed by atoms with Crippen LogP contribution in [0.1, 0.15) is 27.7 Å². The highest BCUT2D eigenvalue weighted by atomic mass is 16.3. The molecule has 1 heterocycles. The molecule has 0 aromatic rings. The summed E-state index contributed by atoms with van der Waals surface area (Å²) < 4.78 is 0. The fourth-order valence-electron chi connectivity index (χ4n) is 1.41. The number of carbonyl (C=O) groups is 1. The van der Waals surface area contributed by atoms with Gasteiger partial charge in [0, 0.05) is 25.7 Å². The Hall–Kier alpha value is -0.770. The number of hydrogen-bond donors (Lipinski definition) is 1. The van der Waals surface area contributed by atoms with Gasteiger partial charge in [-0.05, 0) is 13.8 Å². The summed E-state index contributed by atoms with van der Waals surface area (Å²) in [6, 6.07) is 0.320. The van der Waals surface area contributed by atoms with Crippen LogP contribution in [-0.4, -0.2) is 53.2 Å². The maximum atomic E-state index is 11.5. The van der Waals surface area contributed by atoms with Crippen molar-refractivity contribution in [3.8, 4) is 0 Å². The molecule has 2 amide bonds. The van der Waals surface area contributed by atoms with Crippen LogP contribution < -0.4 is 0 Å². The first-order valence-corrected chi connectivity index (χ1v) is 5.33. The molecular formula is C10H22N2O2. The molecule has 0 atom stereocenters. The zero-order valence-corrected chi connectivity index (χ0v) is 9.66. The first-order chi connectivity index (χ1) is 6.66. The normalized spacial score (nSPS) is 16.0. The molecule has 4 nitrogen and oxygen atoms in total. The third-order valence-electron chi connectivity index (χ3n) is 2.12. The van der Waals surface area contributed by atoms with Crippen molar-refractivity contribution >= 4 is 6.03 Å². The molecule has 1 saturated heterocycles. The lowest BCUT2D eigenvalue weighted by atomic mass is 10.3. The monoisotopic (exact) mass is 202 g/mol. The number of nitrogens with zero attached hydrogens (tertiary/aromatic N) is 2. The standard InChI is InChI=1S/C8H16N2O2.C2H6/c1-7(2)10-4-3-9(5-6-11)8(10)12;1-2/h7,11H,3-6H2,1-2H3;1-2H3. The molecule has 1 rings (SSSR count). The minimum Gasteiger partial charge on any atom is -0.395 e. The summed E-state index contributed by atoms with van der Waals surface area (Å²) in [5.41, 5.74) is 0. The summed E-state index contributed by atoms with van der Waals surface area (Å²) in [6.07, 6.45) is 0. The number of urea groups is 1. The Balaban J connectivity index is 0.000000791. The number of rotatable bonds is 3. The molecule has 0 unspecified atom stereocenters. The Bertz CT molecular complexity index is 172. The Morgan fingerprint density at radius 1 is 1.36 bits per heavy atom. The van der Waals surface area contributed by atoms with Gasteiger partial charge in [-0.3, -0.25) is 0 Å². The summed E-state index contributed by atoms with van der Waals surface area (Å²) >= 11 is 0. The number of β-amino-alcohol motifs (C(OH)–C–C–N with tert-alkyl or cyclic N) is 1. The Labute approximate surface area is 86.5 Å².